The van der Waals surface area contributed by atoms with Gasteiger partial charge in [-0.05, 0) is 36.8 Å². The minimum atomic E-state index is -0.295. The molecule has 8 heteroatoms. The van der Waals surface area contributed by atoms with E-state index in [1.807, 2.05) is 31.2 Å². The van der Waals surface area contributed by atoms with Crippen LogP contribution in [0.4, 0.5) is 10.5 Å². The minimum absolute atomic E-state index is 0.159. The predicted molar refractivity (Wildman–Crippen MR) is 94.5 cm³/mol. The lowest BCUT2D eigenvalue weighted by atomic mass is 10.1. The van der Waals surface area contributed by atoms with E-state index in [9.17, 15) is 4.79 Å². The number of hydrogen-bond donors (Lipinski definition) is 2. The van der Waals surface area contributed by atoms with Crippen molar-refractivity contribution in [2.24, 2.45) is 0 Å². The molecular formula is C18H17N5O3. The second-order valence-electron chi connectivity index (χ2n) is 5.82. The van der Waals surface area contributed by atoms with Crippen LogP contribution in [-0.4, -0.2) is 27.6 Å². The van der Waals surface area contributed by atoms with Crippen molar-refractivity contribution in [3.63, 3.8) is 0 Å². The van der Waals surface area contributed by atoms with Gasteiger partial charge in [0.2, 0.25) is 6.79 Å². The lowest BCUT2D eigenvalue weighted by Crippen LogP contribution is -2.31. The molecule has 1 atom stereocenters. The number of amides is 2. The Morgan fingerprint density at radius 1 is 1.15 bits per heavy atom. The van der Waals surface area contributed by atoms with Gasteiger partial charge in [0, 0.05) is 11.8 Å². The molecular weight excluding hydrogens is 334 g/mol. The Labute approximate surface area is 149 Å². The van der Waals surface area contributed by atoms with E-state index in [2.05, 4.69) is 20.7 Å². The van der Waals surface area contributed by atoms with Crippen molar-refractivity contribution in [2.75, 3.05) is 12.1 Å². The fourth-order valence-corrected chi connectivity index (χ4v) is 2.68. The molecule has 0 aliphatic carbocycles. The number of nitrogens with one attached hydrogen (secondary N) is 2. The number of urea groups is 1. The molecule has 0 saturated heterocycles. The number of fused-ring (bicyclic) bond motifs is 1. The van der Waals surface area contributed by atoms with Crippen LogP contribution in [0.25, 0.3) is 5.69 Å². The summed E-state index contributed by atoms with van der Waals surface area (Å²) in [7, 11) is 0. The molecule has 132 valence electrons. The average Bonchev–Trinajstić information content (AvgIpc) is 3.33. The zero-order chi connectivity index (χ0) is 17.9. The quantitative estimate of drug-likeness (QED) is 0.754. The Morgan fingerprint density at radius 3 is 2.73 bits per heavy atom. The van der Waals surface area contributed by atoms with Crippen LogP contribution >= 0.6 is 0 Å². The molecule has 8 nitrogen and oxygen atoms in total. The van der Waals surface area contributed by atoms with E-state index in [-0.39, 0.29) is 18.9 Å². The number of anilines is 1. The van der Waals surface area contributed by atoms with Gasteiger partial charge in [-0.25, -0.2) is 14.5 Å². The van der Waals surface area contributed by atoms with Crippen LogP contribution < -0.4 is 20.1 Å². The number of rotatable bonds is 4. The fraction of sp³-hybridized carbons (Fsp3) is 0.167. The average molecular weight is 351 g/mol. The van der Waals surface area contributed by atoms with Crippen LogP contribution in [0.2, 0.25) is 0 Å². The Bertz CT molecular complexity index is 909. The number of hydrogen-bond acceptors (Lipinski definition) is 5. The maximum atomic E-state index is 12.2. The summed E-state index contributed by atoms with van der Waals surface area (Å²) >= 11 is 0. The molecule has 0 radical (unpaired) electrons. The monoisotopic (exact) mass is 351 g/mol. The van der Waals surface area contributed by atoms with Crippen molar-refractivity contribution >= 4 is 11.7 Å². The third kappa shape index (κ3) is 3.30. The first-order chi connectivity index (χ1) is 12.7. The Kier molecular flexibility index (Phi) is 4.14. The number of benzene rings is 2. The van der Waals surface area contributed by atoms with Crippen LogP contribution in [0.3, 0.4) is 0 Å². The van der Waals surface area contributed by atoms with Gasteiger partial charge in [0.05, 0.1) is 11.7 Å². The Morgan fingerprint density at radius 2 is 1.96 bits per heavy atom. The lowest BCUT2D eigenvalue weighted by Gasteiger charge is -2.15. The smallest absolute Gasteiger partial charge is 0.319 e. The van der Waals surface area contributed by atoms with Crippen LogP contribution in [-0.2, 0) is 0 Å². The second-order valence-corrected chi connectivity index (χ2v) is 5.82. The number of nitrogens with zero attached hydrogens (tertiary/aromatic N) is 3. The summed E-state index contributed by atoms with van der Waals surface area (Å²) in [5.74, 6) is 1.30. The van der Waals surface area contributed by atoms with E-state index < -0.39 is 0 Å². The number of ether oxygens (including phenoxy) is 2. The first-order valence-corrected chi connectivity index (χ1v) is 8.11. The highest BCUT2D eigenvalue weighted by atomic mass is 16.7. The Hall–Kier alpha value is -3.55. The number of carbonyl (C=O) groups excluding carboxylic acids is 1. The molecule has 26 heavy (non-hydrogen) atoms. The van der Waals surface area contributed by atoms with Crippen molar-refractivity contribution in [3.05, 3.63) is 60.7 Å². The Balaban J connectivity index is 1.38. The van der Waals surface area contributed by atoms with E-state index in [0.717, 1.165) is 11.3 Å². The molecule has 0 fully saturated rings. The van der Waals surface area contributed by atoms with Gasteiger partial charge in [-0.2, -0.15) is 5.10 Å². The summed E-state index contributed by atoms with van der Waals surface area (Å²) in [6.45, 7) is 2.12. The van der Waals surface area contributed by atoms with Crippen LogP contribution in [0.5, 0.6) is 11.5 Å². The van der Waals surface area contributed by atoms with Crippen molar-refractivity contribution in [1.82, 2.24) is 20.1 Å². The largest absolute Gasteiger partial charge is 0.454 e. The molecule has 2 N–H and O–H groups in total. The van der Waals surface area contributed by atoms with Crippen molar-refractivity contribution in [1.29, 1.82) is 0 Å². The summed E-state index contributed by atoms with van der Waals surface area (Å²) in [6.07, 6.45) is 3.12. The maximum absolute atomic E-state index is 12.2. The normalized spacial score (nSPS) is 13.3. The van der Waals surface area contributed by atoms with Gasteiger partial charge in [-0.1, -0.05) is 12.1 Å². The SMILES string of the molecule is CC(NC(=O)Nc1ccc2c(c1)OCO2)c1ccc(-n2cncn2)cc1. The van der Waals surface area contributed by atoms with Crippen LogP contribution in [0.15, 0.2) is 55.1 Å². The van der Waals surface area contributed by atoms with E-state index >= 15 is 0 Å². The molecule has 3 aromatic rings. The van der Waals surface area contributed by atoms with E-state index in [0.29, 0.717) is 17.2 Å². The van der Waals surface area contributed by atoms with Gasteiger partial charge in [-0.15, -0.1) is 0 Å². The maximum Gasteiger partial charge on any atom is 0.319 e. The molecule has 2 aromatic carbocycles. The van der Waals surface area contributed by atoms with Crippen molar-refractivity contribution < 1.29 is 14.3 Å². The van der Waals surface area contributed by atoms with E-state index in [1.54, 1.807) is 29.2 Å². The highest BCUT2D eigenvalue weighted by molar-refractivity contribution is 5.90. The standard InChI is InChI=1S/C18H17N5O3/c1-12(13-2-5-15(6-3-13)23-10-19-9-20-23)21-18(24)22-14-4-7-16-17(8-14)26-11-25-16/h2-10,12H,11H2,1H3,(H2,21,22,24). The minimum Gasteiger partial charge on any atom is -0.454 e. The van der Waals surface area contributed by atoms with E-state index in [1.165, 1.54) is 6.33 Å². The molecule has 1 aromatic heterocycles. The molecule has 2 amide bonds. The molecule has 1 unspecified atom stereocenters. The third-order valence-corrected chi connectivity index (χ3v) is 4.05. The molecule has 0 bridgehead atoms. The van der Waals surface area contributed by atoms with Gasteiger partial charge < -0.3 is 20.1 Å². The lowest BCUT2D eigenvalue weighted by molar-refractivity contribution is 0.174. The zero-order valence-corrected chi connectivity index (χ0v) is 14.0. The van der Waals surface area contributed by atoms with Gasteiger partial charge in [0.15, 0.2) is 11.5 Å². The fourth-order valence-electron chi connectivity index (χ4n) is 2.68. The molecule has 1 aliphatic heterocycles. The molecule has 0 spiro atoms. The van der Waals surface area contributed by atoms with Crippen molar-refractivity contribution in [3.8, 4) is 17.2 Å². The van der Waals surface area contributed by atoms with Crippen LogP contribution in [0, 0.1) is 0 Å². The highest BCUT2D eigenvalue weighted by Crippen LogP contribution is 2.34. The predicted octanol–water partition coefficient (Wildman–Crippen LogP) is 2.88. The number of aromatic nitrogens is 3. The first-order valence-electron chi connectivity index (χ1n) is 8.11. The molecule has 4 rings (SSSR count). The van der Waals surface area contributed by atoms with Gasteiger partial charge in [0.1, 0.15) is 12.7 Å². The van der Waals surface area contributed by atoms with Gasteiger partial charge >= 0.3 is 6.03 Å². The second kappa shape index (κ2) is 6.75. The molecule has 1 aliphatic rings. The molecule has 0 saturated carbocycles. The summed E-state index contributed by atoms with van der Waals surface area (Å²) in [6, 6.07) is 12.6. The van der Waals surface area contributed by atoms with Gasteiger partial charge in [0.25, 0.3) is 0 Å². The summed E-state index contributed by atoms with van der Waals surface area (Å²) in [5, 5.41) is 9.80. The topological polar surface area (TPSA) is 90.3 Å². The van der Waals surface area contributed by atoms with Crippen LogP contribution in [0.1, 0.15) is 18.5 Å². The summed E-state index contributed by atoms with van der Waals surface area (Å²) in [4.78, 5) is 16.2. The summed E-state index contributed by atoms with van der Waals surface area (Å²) < 4.78 is 12.2. The zero-order valence-electron chi connectivity index (χ0n) is 14.0. The first kappa shape index (κ1) is 15.9. The molecule has 2 heterocycles. The highest BCUT2D eigenvalue weighted by Gasteiger charge is 2.15. The van der Waals surface area contributed by atoms with Crippen molar-refractivity contribution in [2.45, 2.75) is 13.0 Å². The van der Waals surface area contributed by atoms with Gasteiger partial charge in [-0.3, -0.25) is 0 Å². The van der Waals surface area contributed by atoms with E-state index in [4.69, 9.17) is 9.47 Å². The summed E-state index contributed by atoms with van der Waals surface area (Å²) in [5.41, 5.74) is 2.53. The number of carbonyl (C=O) groups is 1. The third-order valence-electron chi connectivity index (χ3n) is 4.05.